The van der Waals surface area contributed by atoms with Crippen LogP contribution in [0.15, 0.2) is 60.7 Å². The number of hydrogen-bond donors (Lipinski definition) is 2. The van der Waals surface area contributed by atoms with E-state index >= 15 is 0 Å². The largest absolute Gasteiger partial charge is 0.366 e. The molecular formula is C26H23N3O2. The normalized spacial score (nSPS) is 12.8. The van der Waals surface area contributed by atoms with E-state index in [1.54, 1.807) is 24.3 Å². The molecule has 0 aromatic heterocycles. The second-order valence-electron chi connectivity index (χ2n) is 8.00. The van der Waals surface area contributed by atoms with Crippen LogP contribution in [0.2, 0.25) is 0 Å². The summed E-state index contributed by atoms with van der Waals surface area (Å²) in [5.41, 5.74) is 11.3. The number of carbonyl (C=O) groups is 2. The van der Waals surface area contributed by atoms with Gasteiger partial charge in [-0.2, -0.15) is 5.26 Å². The van der Waals surface area contributed by atoms with E-state index in [4.69, 9.17) is 5.73 Å². The molecule has 0 heterocycles. The van der Waals surface area contributed by atoms with Crippen LogP contribution in [0, 0.1) is 24.2 Å². The Kier molecular flexibility index (Phi) is 5.55. The molecule has 0 aliphatic heterocycles. The van der Waals surface area contributed by atoms with Gasteiger partial charge in [0.1, 0.15) is 0 Å². The number of nitriles is 1. The average Bonchev–Trinajstić information content (AvgIpc) is 3.62. The minimum absolute atomic E-state index is 0.126. The molecule has 0 radical (unpaired) electrons. The van der Waals surface area contributed by atoms with Gasteiger partial charge < -0.3 is 11.1 Å². The van der Waals surface area contributed by atoms with Gasteiger partial charge in [0.05, 0.1) is 11.6 Å². The van der Waals surface area contributed by atoms with Crippen LogP contribution in [0.25, 0.3) is 22.3 Å². The second-order valence-corrected chi connectivity index (χ2v) is 8.00. The predicted octanol–water partition coefficient (Wildman–Crippen LogP) is 4.44. The Labute approximate surface area is 181 Å². The maximum atomic E-state index is 13.1. The molecule has 1 fully saturated rings. The van der Waals surface area contributed by atoms with Gasteiger partial charge in [-0.3, -0.25) is 9.59 Å². The second kappa shape index (κ2) is 8.45. The fourth-order valence-electron chi connectivity index (χ4n) is 3.67. The summed E-state index contributed by atoms with van der Waals surface area (Å²) in [4.78, 5) is 24.5. The van der Waals surface area contributed by atoms with Gasteiger partial charge in [0, 0.05) is 17.7 Å². The number of nitrogens with two attached hydrogens (primary N) is 1. The zero-order valence-electron chi connectivity index (χ0n) is 17.3. The van der Waals surface area contributed by atoms with Crippen LogP contribution in [0.5, 0.6) is 0 Å². The molecule has 0 unspecified atom stereocenters. The highest BCUT2D eigenvalue weighted by Gasteiger charge is 2.23. The lowest BCUT2D eigenvalue weighted by Gasteiger charge is -2.16. The van der Waals surface area contributed by atoms with Gasteiger partial charge >= 0.3 is 0 Å². The summed E-state index contributed by atoms with van der Waals surface area (Å²) in [6.45, 7) is 2.66. The van der Waals surface area contributed by atoms with Crippen molar-refractivity contribution in [1.29, 1.82) is 5.26 Å². The molecule has 2 amide bonds. The quantitative estimate of drug-likeness (QED) is 0.630. The topological polar surface area (TPSA) is 96.0 Å². The van der Waals surface area contributed by atoms with Gasteiger partial charge in [-0.05, 0) is 83.8 Å². The SMILES string of the molecule is Cc1cc(-c2cccc(C#N)c2)c(C(=O)NCC2CC2)cc1-c1ccc(C(N)=O)cc1. The lowest BCUT2D eigenvalue weighted by atomic mass is 9.90. The average molecular weight is 409 g/mol. The minimum Gasteiger partial charge on any atom is -0.366 e. The molecule has 154 valence electrons. The maximum Gasteiger partial charge on any atom is 0.251 e. The predicted molar refractivity (Wildman–Crippen MR) is 120 cm³/mol. The molecule has 4 rings (SSSR count). The van der Waals surface area contributed by atoms with Gasteiger partial charge in [-0.1, -0.05) is 30.3 Å². The highest BCUT2D eigenvalue weighted by Crippen LogP contribution is 2.33. The molecule has 5 heteroatoms. The molecule has 31 heavy (non-hydrogen) atoms. The summed E-state index contributed by atoms with van der Waals surface area (Å²) >= 11 is 0. The molecule has 3 aromatic carbocycles. The molecule has 3 N–H and O–H groups in total. The summed E-state index contributed by atoms with van der Waals surface area (Å²) < 4.78 is 0. The van der Waals surface area contributed by atoms with Crippen LogP contribution in [0.3, 0.4) is 0 Å². The number of primary amides is 1. The van der Waals surface area contributed by atoms with Crippen molar-refractivity contribution in [3.8, 4) is 28.3 Å². The fraction of sp³-hybridized carbons (Fsp3) is 0.192. The Hall–Kier alpha value is -3.91. The molecule has 1 aliphatic rings. The summed E-state index contributed by atoms with van der Waals surface area (Å²) in [7, 11) is 0. The summed E-state index contributed by atoms with van der Waals surface area (Å²) in [5, 5.41) is 12.3. The molecule has 5 nitrogen and oxygen atoms in total. The van der Waals surface area contributed by atoms with Gasteiger partial charge in [0.25, 0.3) is 5.91 Å². The lowest BCUT2D eigenvalue weighted by molar-refractivity contribution is 0.0951. The van der Waals surface area contributed by atoms with Gasteiger partial charge in [-0.25, -0.2) is 0 Å². The first-order chi connectivity index (χ1) is 15.0. The molecule has 1 aliphatic carbocycles. The number of aryl methyl sites for hydroxylation is 1. The molecule has 1 saturated carbocycles. The number of carbonyl (C=O) groups excluding carboxylic acids is 2. The molecular weight excluding hydrogens is 386 g/mol. The van der Waals surface area contributed by atoms with E-state index in [1.165, 1.54) is 0 Å². The van der Waals surface area contributed by atoms with Crippen molar-refractivity contribution in [3.63, 3.8) is 0 Å². The van der Waals surface area contributed by atoms with Crippen LogP contribution < -0.4 is 11.1 Å². The van der Waals surface area contributed by atoms with E-state index in [0.717, 1.165) is 40.7 Å². The highest BCUT2D eigenvalue weighted by molar-refractivity contribution is 6.03. The fourth-order valence-corrected chi connectivity index (χ4v) is 3.67. The number of benzene rings is 3. The number of nitrogens with zero attached hydrogens (tertiary/aromatic N) is 1. The summed E-state index contributed by atoms with van der Waals surface area (Å²) in [5.74, 6) is -0.0315. The van der Waals surface area contributed by atoms with Crippen molar-refractivity contribution in [2.45, 2.75) is 19.8 Å². The summed E-state index contributed by atoms with van der Waals surface area (Å²) in [6, 6.07) is 20.4. The minimum atomic E-state index is -0.476. The third-order valence-corrected chi connectivity index (χ3v) is 5.64. The molecule has 3 aromatic rings. The first kappa shape index (κ1) is 20.4. The third kappa shape index (κ3) is 4.49. The van der Waals surface area contributed by atoms with Crippen LogP contribution >= 0.6 is 0 Å². The van der Waals surface area contributed by atoms with Crippen molar-refractivity contribution in [2.24, 2.45) is 11.7 Å². The Balaban J connectivity index is 1.80. The maximum absolute atomic E-state index is 13.1. The van der Waals surface area contributed by atoms with E-state index in [1.807, 2.05) is 43.3 Å². The Morgan fingerprint density at radius 1 is 1.03 bits per heavy atom. The number of rotatable bonds is 6. The molecule has 0 atom stereocenters. The van der Waals surface area contributed by atoms with E-state index in [2.05, 4.69) is 11.4 Å². The smallest absolute Gasteiger partial charge is 0.251 e. The lowest BCUT2D eigenvalue weighted by Crippen LogP contribution is -2.26. The number of nitrogens with one attached hydrogen (secondary N) is 1. The Morgan fingerprint density at radius 3 is 2.42 bits per heavy atom. The standard InChI is InChI=1S/C26H23N3O2/c1-16-11-23(21-4-2-3-18(12-21)14-27)24(26(31)29-15-17-5-6-17)13-22(16)19-7-9-20(10-8-19)25(28)30/h2-4,7-13,17H,5-6,15H2,1H3,(H2,28,30)(H,29,31). The van der Waals surface area contributed by atoms with Gasteiger partial charge in [0.2, 0.25) is 5.91 Å². The zero-order valence-corrected chi connectivity index (χ0v) is 17.3. The van der Waals surface area contributed by atoms with E-state index in [9.17, 15) is 14.9 Å². The van der Waals surface area contributed by atoms with Crippen molar-refractivity contribution < 1.29 is 9.59 Å². The van der Waals surface area contributed by atoms with E-state index in [0.29, 0.717) is 29.2 Å². The summed E-state index contributed by atoms with van der Waals surface area (Å²) in [6.07, 6.45) is 2.31. The first-order valence-corrected chi connectivity index (χ1v) is 10.3. The van der Waals surface area contributed by atoms with Crippen LogP contribution in [0.1, 0.15) is 44.7 Å². The molecule has 0 saturated heterocycles. The monoisotopic (exact) mass is 409 g/mol. The van der Waals surface area contributed by atoms with Gasteiger partial charge in [0.15, 0.2) is 0 Å². The highest BCUT2D eigenvalue weighted by atomic mass is 16.2. The Bertz CT molecular complexity index is 1200. The van der Waals surface area contributed by atoms with Crippen LogP contribution in [0.4, 0.5) is 0 Å². The Morgan fingerprint density at radius 2 is 1.77 bits per heavy atom. The van der Waals surface area contributed by atoms with Crippen molar-refractivity contribution >= 4 is 11.8 Å². The van der Waals surface area contributed by atoms with E-state index < -0.39 is 5.91 Å². The van der Waals surface area contributed by atoms with Crippen molar-refractivity contribution in [2.75, 3.05) is 6.54 Å². The molecule has 0 spiro atoms. The molecule has 0 bridgehead atoms. The first-order valence-electron chi connectivity index (χ1n) is 10.3. The number of amides is 2. The van der Waals surface area contributed by atoms with Crippen LogP contribution in [-0.2, 0) is 0 Å². The van der Waals surface area contributed by atoms with Crippen molar-refractivity contribution in [1.82, 2.24) is 5.32 Å². The number of hydrogen-bond acceptors (Lipinski definition) is 3. The van der Waals surface area contributed by atoms with Crippen molar-refractivity contribution in [3.05, 3.63) is 82.9 Å². The van der Waals surface area contributed by atoms with Crippen LogP contribution in [-0.4, -0.2) is 18.4 Å². The van der Waals surface area contributed by atoms with Gasteiger partial charge in [-0.15, -0.1) is 0 Å². The zero-order chi connectivity index (χ0) is 22.0. The van der Waals surface area contributed by atoms with E-state index in [-0.39, 0.29) is 5.91 Å². The third-order valence-electron chi connectivity index (χ3n) is 5.64.